The van der Waals surface area contributed by atoms with Crippen LogP contribution in [-0.2, 0) is 9.63 Å². The highest BCUT2D eigenvalue weighted by atomic mass is 19.1. The van der Waals surface area contributed by atoms with Crippen molar-refractivity contribution in [2.45, 2.75) is 0 Å². The molecule has 0 aliphatic heterocycles. The van der Waals surface area contributed by atoms with E-state index in [1.165, 1.54) is 0 Å². The fourth-order valence-electron chi connectivity index (χ4n) is 0.132. The van der Waals surface area contributed by atoms with Crippen molar-refractivity contribution in [3.63, 3.8) is 0 Å². The Morgan fingerprint density at radius 3 is 3.00 bits per heavy atom. The summed E-state index contributed by atoms with van der Waals surface area (Å²) in [7, 11) is 0. The molecular weight excluding hydrogens is 101 g/mol. The Balaban J connectivity index is 2.56. The Morgan fingerprint density at radius 1 is 1.86 bits per heavy atom. The molecule has 0 saturated carbocycles. The van der Waals surface area contributed by atoms with Crippen molar-refractivity contribution in [3.05, 3.63) is 0 Å². The van der Waals surface area contributed by atoms with Crippen LogP contribution in [0, 0.1) is 0 Å². The first-order valence-corrected chi connectivity index (χ1v) is 1.80. The fourth-order valence-corrected chi connectivity index (χ4v) is 0.132. The van der Waals surface area contributed by atoms with Crippen LogP contribution in [0.4, 0.5) is 4.39 Å². The van der Waals surface area contributed by atoms with Gasteiger partial charge in [-0.25, -0.2) is 4.39 Å². The first kappa shape index (κ1) is 6.36. The highest BCUT2D eigenvalue weighted by Gasteiger charge is 1.77. The van der Waals surface area contributed by atoms with E-state index in [2.05, 4.69) is 4.84 Å². The van der Waals surface area contributed by atoms with Gasteiger partial charge in [0.1, 0.15) is 6.67 Å². The number of hydroxylamine groups is 1. The fraction of sp³-hybridized carbons (Fsp3) is 0.667. The number of halogens is 1. The second-order valence-corrected chi connectivity index (χ2v) is 0.797. The molecule has 4 heteroatoms. The monoisotopic (exact) mass is 107 g/mol. The van der Waals surface area contributed by atoms with Gasteiger partial charge in [-0.3, -0.25) is 4.79 Å². The van der Waals surface area contributed by atoms with Gasteiger partial charge in [0, 0.05) is 0 Å². The summed E-state index contributed by atoms with van der Waals surface area (Å²) in [5.74, 6) is 0. The Morgan fingerprint density at radius 2 is 2.57 bits per heavy atom. The standard InChI is InChI=1S/C3H6FNO2/c4-1-2-5-7-3-6/h3,5H,1-2H2. The van der Waals surface area contributed by atoms with Crippen LogP contribution in [-0.4, -0.2) is 19.7 Å². The maximum Gasteiger partial charge on any atom is 0.312 e. The van der Waals surface area contributed by atoms with Crippen LogP contribution >= 0.6 is 0 Å². The van der Waals surface area contributed by atoms with Gasteiger partial charge in [-0.1, -0.05) is 0 Å². The topological polar surface area (TPSA) is 38.3 Å². The molecule has 0 bridgehead atoms. The van der Waals surface area contributed by atoms with E-state index in [0.29, 0.717) is 0 Å². The summed E-state index contributed by atoms with van der Waals surface area (Å²) in [5, 5.41) is 0. The second kappa shape index (κ2) is 5.36. The van der Waals surface area contributed by atoms with Crippen LogP contribution in [0.3, 0.4) is 0 Å². The van der Waals surface area contributed by atoms with Crippen LogP contribution < -0.4 is 5.48 Å². The Hall–Kier alpha value is -0.640. The summed E-state index contributed by atoms with van der Waals surface area (Å²) in [5.41, 5.74) is 2.04. The third-order valence-electron chi connectivity index (χ3n) is 0.328. The number of carbonyl (C=O) groups is 1. The van der Waals surface area contributed by atoms with E-state index in [0.717, 1.165) is 0 Å². The molecule has 0 radical (unpaired) electrons. The summed E-state index contributed by atoms with van der Waals surface area (Å²) in [4.78, 5) is 13.2. The van der Waals surface area contributed by atoms with Crippen LogP contribution in [0.15, 0.2) is 0 Å². The van der Waals surface area contributed by atoms with E-state index in [9.17, 15) is 9.18 Å². The van der Waals surface area contributed by atoms with Gasteiger partial charge in [0.25, 0.3) is 0 Å². The molecular formula is C3H6FNO2. The highest BCUT2D eigenvalue weighted by Crippen LogP contribution is 1.60. The van der Waals surface area contributed by atoms with Gasteiger partial charge >= 0.3 is 6.47 Å². The van der Waals surface area contributed by atoms with Crippen molar-refractivity contribution < 1.29 is 14.0 Å². The largest absolute Gasteiger partial charge is 0.373 e. The Labute approximate surface area is 40.4 Å². The summed E-state index contributed by atoms with van der Waals surface area (Å²) < 4.78 is 11.1. The third kappa shape index (κ3) is 5.36. The van der Waals surface area contributed by atoms with E-state index in [-0.39, 0.29) is 13.0 Å². The number of carbonyl (C=O) groups excluding carboxylic acids is 1. The predicted octanol–water partition coefficient (Wildman–Crippen LogP) is -0.367. The Bertz CT molecular complexity index is 50.2. The molecule has 0 aliphatic rings. The van der Waals surface area contributed by atoms with Crippen molar-refractivity contribution >= 4 is 6.47 Å². The van der Waals surface area contributed by atoms with Crippen LogP contribution in [0.2, 0.25) is 0 Å². The molecule has 0 aliphatic carbocycles. The first-order valence-electron chi connectivity index (χ1n) is 1.80. The van der Waals surface area contributed by atoms with Gasteiger partial charge in [-0.05, 0) is 0 Å². The quantitative estimate of drug-likeness (QED) is 0.302. The molecule has 0 spiro atoms. The lowest BCUT2D eigenvalue weighted by Crippen LogP contribution is -2.15. The number of hydrogen-bond acceptors (Lipinski definition) is 3. The molecule has 0 amide bonds. The lowest BCUT2D eigenvalue weighted by Gasteiger charge is -1.91. The lowest BCUT2D eigenvalue weighted by atomic mass is 10.8. The van der Waals surface area contributed by atoms with Crippen LogP contribution in [0.5, 0.6) is 0 Å². The SMILES string of the molecule is O=CONCCF. The van der Waals surface area contributed by atoms with Crippen molar-refractivity contribution in [2.24, 2.45) is 0 Å². The van der Waals surface area contributed by atoms with E-state index in [4.69, 9.17) is 0 Å². The van der Waals surface area contributed by atoms with Crippen LogP contribution in [0.1, 0.15) is 0 Å². The predicted molar refractivity (Wildman–Crippen MR) is 21.1 cm³/mol. The Kier molecular flexibility index (Phi) is 4.87. The van der Waals surface area contributed by atoms with Gasteiger partial charge in [-0.2, -0.15) is 5.48 Å². The molecule has 3 nitrogen and oxygen atoms in total. The summed E-state index contributed by atoms with van der Waals surface area (Å²) in [6.07, 6.45) is 0. The summed E-state index contributed by atoms with van der Waals surface area (Å²) >= 11 is 0. The molecule has 0 saturated heterocycles. The van der Waals surface area contributed by atoms with Crippen LogP contribution in [0.25, 0.3) is 0 Å². The van der Waals surface area contributed by atoms with E-state index in [1.807, 2.05) is 5.48 Å². The molecule has 1 N–H and O–H groups in total. The maximum absolute atomic E-state index is 11.1. The molecule has 0 heterocycles. The number of rotatable bonds is 4. The van der Waals surface area contributed by atoms with Crippen molar-refractivity contribution in [2.75, 3.05) is 13.2 Å². The van der Waals surface area contributed by atoms with Gasteiger partial charge in [-0.15, -0.1) is 0 Å². The number of alkyl halides is 1. The van der Waals surface area contributed by atoms with E-state index < -0.39 is 6.67 Å². The molecule has 0 aromatic rings. The number of hydrogen-bond donors (Lipinski definition) is 1. The van der Waals surface area contributed by atoms with E-state index >= 15 is 0 Å². The normalized spacial score (nSPS) is 8.14. The average molecular weight is 107 g/mol. The zero-order valence-electron chi connectivity index (χ0n) is 3.69. The summed E-state index contributed by atoms with van der Waals surface area (Å²) in [6, 6.07) is 0. The molecule has 0 unspecified atom stereocenters. The van der Waals surface area contributed by atoms with Crippen molar-refractivity contribution in [1.29, 1.82) is 0 Å². The molecule has 0 aromatic carbocycles. The number of nitrogens with one attached hydrogen (secondary N) is 1. The lowest BCUT2D eigenvalue weighted by molar-refractivity contribution is -0.135. The van der Waals surface area contributed by atoms with Gasteiger partial charge in [0.15, 0.2) is 0 Å². The van der Waals surface area contributed by atoms with Crippen molar-refractivity contribution in [3.8, 4) is 0 Å². The van der Waals surface area contributed by atoms with Gasteiger partial charge < -0.3 is 4.84 Å². The highest BCUT2D eigenvalue weighted by molar-refractivity contribution is 5.36. The smallest absolute Gasteiger partial charge is 0.312 e. The molecule has 42 valence electrons. The molecule has 0 aromatic heterocycles. The summed E-state index contributed by atoms with van der Waals surface area (Å²) in [6.45, 7) is -0.276. The molecule has 0 fully saturated rings. The van der Waals surface area contributed by atoms with Crippen molar-refractivity contribution in [1.82, 2.24) is 5.48 Å². The first-order chi connectivity index (χ1) is 3.41. The third-order valence-corrected chi connectivity index (χ3v) is 0.328. The zero-order valence-corrected chi connectivity index (χ0v) is 3.69. The zero-order chi connectivity index (χ0) is 5.54. The van der Waals surface area contributed by atoms with Gasteiger partial charge in [0.2, 0.25) is 0 Å². The minimum atomic E-state index is -0.534. The minimum Gasteiger partial charge on any atom is -0.373 e. The van der Waals surface area contributed by atoms with E-state index in [1.54, 1.807) is 0 Å². The second-order valence-electron chi connectivity index (χ2n) is 0.797. The van der Waals surface area contributed by atoms with Gasteiger partial charge in [0.05, 0.1) is 6.54 Å². The molecule has 0 rings (SSSR count). The molecule has 7 heavy (non-hydrogen) atoms. The average Bonchev–Trinajstić information content (AvgIpc) is 1.69. The minimum absolute atomic E-state index is 0.0543. The molecule has 0 atom stereocenters. The maximum atomic E-state index is 11.1.